The van der Waals surface area contributed by atoms with Crippen molar-refractivity contribution in [2.45, 2.75) is 64.2 Å². The molecule has 1 aromatic heterocycles. The number of aryl methyl sites for hydroxylation is 2. The van der Waals surface area contributed by atoms with Gasteiger partial charge in [-0.1, -0.05) is 55.5 Å². The summed E-state index contributed by atoms with van der Waals surface area (Å²) in [7, 11) is 1.41. The number of carbonyl (C=O) groups excluding carboxylic acids is 5. The van der Waals surface area contributed by atoms with E-state index in [2.05, 4.69) is 39.2 Å². The molecule has 0 fully saturated rings. The van der Waals surface area contributed by atoms with Crippen LogP contribution in [0.3, 0.4) is 0 Å². The van der Waals surface area contributed by atoms with Crippen molar-refractivity contribution in [1.82, 2.24) is 36.1 Å². The molecule has 350 valence electrons. The monoisotopic (exact) mass is 911 g/mol. The minimum Gasteiger partial charge on any atom is -0.492 e. The van der Waals surface area contributed by atoms with Crippen molar-refractivity contribution in [3.8, 4) is 40.1 Å². The molecule has 67 heavy (non-hydrogen) atoms. The van der Waals surface area contributed by atoms with Crippen LogP contribution in [0, 0.1) is 18.3 Å². The molecule has 2 heterocycles. The highest BCUT2D eigenvalue weighted by Crippen LogP contribution is 2.40. The smallest absolute Gasteiger partial charge is 0.255 e. The second-order valence-electron chi connectivity index (χ2n) is 16.1. The fourth-order valence-electron chi connectivity index (χ4n) is 8.05. The zero-order chi connectivity index (χ0) is 48.2. The van der Waals surface area contributed by atoms with Gasteiger partial charge in [-0.2, -0.15) is 5.26 Å². The number of nitrogens with zero attached hydrogens (tertiary/aromatic N) is 4. The third-order valence-corrected chi connectivity index (χ3v) is 11.5. The van der Waals surface area contributed by atoms with Gasteiger partial charge in [0.25, 0.3) is 5.91 Å². The molecule has 1 aliphatic rings. The fourth-order valence-corrected chi connectivity index (χ4v) is 8.05. The maximum absolute atomic E-state index is 14.7. The molecule has 5 amide bonds. The summed E-state index contributed by atoms with van der Waals surface area (Å²) in [4.78, 5) is 80.9. The highest BCUT2D eigenvalue weighted by atomic mass is 16.5. The summed E-state index contributed by atoms with van der Waals surface area (Å²) in [6.07, 6.45) is 2.27. The Hall–Kier alpha value is -7.46. The van der Waals surface area contributed by atoms with Gasteiger partial charge in [-0.3, -0.25) is 24.0 Å². The molecule has 10 N–H and O–H groups in total. The maximum Gasteiger partial charge on any atom is 0.255 e. The lowest BCUT2D eigenvalue weighted by Crippen LogP contribution is -2.56. The van der Waals surface area contributed by atoms with Crippen molar-refractivity contribution in [2.75, 3.05) is 46.4 Å². The number of likely N-dealkylation sites (N-methyl/N-ethyl adjacent to an activating group) is 1. The molecular weight excluding hydrogens is 855 g/mol. The number of nitrogens with one attached hydrogen (secondary N) is 4. The largest absolute Gasteiger partial charge is 0.492 e. The van der Waals surface area contributed by atoms with E-state index in [4.69, 9.17) is 31.7 Å². The van der Waals surface area contributed by atoms with Gasteiger partial charge in [-0.25, -0.2) is 9.97 Å². The van der Waals surface area contributed by atoms with Gasteiger partial charge >= 0.3 is 0 Å². The van der Waals surface area contributed by atoms with Crippen LogP contribution in [0.5, 0.6) is 11.5 Å². The third-order valence-electron chi connectivity index (χ3n) is 11.5. The summed E-state index contributed by atoms with van der Waals surface area (Å²) in [5, 5.41) is 22.0. The van der Waals surface area contributed by atoms with Gasteiger partial charge in [-0.15, -0.1) is 0 Å². The van der Waals surface area contributed by atoms with Gasteiger partial charge in [0, 0.05) is 49.4 Å². The lowest BCUT2D eigenvalue weighted by molar-refractivity contribution is -0.141. The van der Waals surface area contributed by atoms with Crippen LogP contribution in [-0.2, 0) is 32.0 Å². The van der Waals surface area contributed by atoms with E-state index in [1.54, 1.807) is 43.3 Å². The SMILES string of the molecule is CCc1ccc(-c2ncc(C(=O)NC(CCN)C(=O)N(C)[C@@H]3C(=O)N[C@@H](C)C(=O)N[C@H](C(=O)NCC#N)Cc4ccc(OCCN)c(c4)-c4cc3ccc4OCCN)c(C)n2)c2ccccc12. The maximum atomic E-state index is 14.7. The van der Waals surface area contributed by atoms with E-state index < -0.39 is 53.7 Å². The third kappa shape index (κ3) is 11.3. The summed E-state index contributed by atoms with van der Waals surface area (Å²) >= 11 is 0. The number of hydrogen-bond acceptors (Lipinski definition) is 13. The van der Waals surface area contributed by atoms with Gasteiger partial charge in [-0.05, 0) is 85.0 Å². The normalized spacial score (nSPS) is 16.4. The Morgan fingerprint density at radius 3 is 2.24 bits per heavy atom. The number of carbonyl (C=O) groups is 5. The Morgan fingerprint density at radius 2 is 1.58 bits per heavy atom. The van der Waals surface area contributed by atoms with Crippen LogP contribution >= 0.6 is 0 Å². The van der Waals surface area contributed by atoms with E-state index in [-0.39, 0.29) is 57.8 Å². The van der Waals surface area contributed by atoms with Crippen LogP contribution in [-0.4, -0.2) is 109 Å². The minimum atomic E-state index is -1.41. The van der Waals surface area contributed by atoms with Crippen LogP contribution in [0.2, 0.25) is 0 Å². The Bertz CT molecular complexity index is 2690. The summed E-state index contributed by atoms with van der Waals surface area (Å²) in [6, 6.07) is 19.0. The van der Waals surface area contributed by atoms with Crippen molar-refractivity contribution < 1.29 is 33.4 Å². The van der Waals surface area contributed by atoms with E-state index in [1.165, 1.54) is 30.6 Å². The topological polar surface area (TPSA) is 283 Å². The van der Waals surface area contributed by atoms with Gasteiger partial charge in [0.15, 0.2) is 5.82 Å². The predicted molar refractivity (Wildman–Crippen MR) is 252 cm³/mol. The molecule has 18 nitrogen and oxygen atoms in total. The van der Waals surface area contributed by atoms with Gasteiger partial charge in [0.05, 0.1) is 17.3 Å². The van der Waals surface area contributed by atoms with Gasteiger partial charge in [0.1, 0.15) is 55.4 Å². The number of rotatable bonds is 16. The number of hydrogen-bond donors (Lipinski definition) is 7. The summed E-state index contributed by atoms with van der Waals surface area (Å²) in [5.41, 5.74) is 22.1. The van der Waals surface area contributed by atoms with Crippen molar-refractivity contribution in [3.05, 3.63) is 107 Å². The number of nitrogens with two attached hydrogens (primary N) is 3. The molecular formula is C49H57N11O7. The van der Waals surface area contributed by atoms with Crippen molar-refractivity contribution in [3.63, 3.8) is 0 Å². The van der Waals surface area contributed by atoms with Crippen LogP contribution in [0.4, 0.5) is 0 Å². The Morgan fingerprint density at radius 1 is 0.896 bits per heavy atom. The van der Waals surface area contributed by atoms with E-state index >= 15 is 0 Å². The Balaban J connectivity index is 1.39. The molecule has 0 aliphatic carbocycles. The Labute approximate surface area is 389 Å². The lowest BCUT2D eigenvalue weighted by atomic mass is 9.93. The van der Waals surface area contributed by atoms with Crippen molar-refractivity contribution in [2.24, 2.45) is 17.2 Å². The summed E-state index contributed by atoms with van der Waals surface area (Å²) < 4.78 is 12.2. The first-order valence-corrected chi connectivity index (χ1v) is 22.1. The average Bonchev–Trinajstić information content (AvgIpc) is 3.33. The van der Waals surface area contributed by atoms with Gasteiger partial charge in [0.2, 0.25) is 23.6 Å². The molecule has 1 unspecified atom stereocenters. The first kappa shape index (κ1) is 49.0. The minimum absolute atomic E-state index is 0.000444. The first-order chi connectivity index (χ1) is 32.3. The van der Waals surface area contributed by atoms with Crippen molar-refractivity contribution >= 4 is 40.3 Å². The molecule has 1 aliphatic heterocycles. The molecule has 0 spiro atoms. The van der Waals surface area contributed by atoms with Crippen LogP contribution in [0.25, 0.3) is 33.3 Å². The highest BCUT2D eigenvalue weighted by Gasteiger charge is 2.36. The lowest BCUT2D eigenvalue weighted by Gasteiger charge is -2.32. The fraction of sp³-hybridized carbons (Fsp3) is 0.347. The highest BCUT2D eigenvalue weighted by molar-refractivity contribution is 6.01. The molecule has 18 heteroatoms. The summed E-state index contributed by atoms with van der Waals surface area (Å²) in [5.74, 6) is -2.17. The first-order valence-electron chi connectivity index (χ1n) is 22.1. The van der Waals surface area contributed by atoms with E-state index in [9.17, 15) is 29.2 Å². The number of amides is 5. The van der Waals surface area contributed by atoms with E-state index in [0.29, 0.717) is 45.3 Å². The molecule has 4 aromatic carbocycles. The molecule has 4 bridgehead atoms. The molecule has 0 radical (unpaired) electrons. The second kappa shape index (κ2) is 22.6. The molecule has 0 saturated heterocycles. The quantitative estimate of drug-likeness (QED) is 0.0701. The number of aromatic nitrogens is 2. The van der Waals surface area contributed by atoms with E-state index in [0.717, 1.165) is 22.8 Å². The zero-order valence-electron chi connectivity index (χ0n) is 38.1. The molecule has 6 rings (SSSR count). The van der Waals surface area contributed by atoms with E-state index in [1.807, 2.05) is 36.4 Å². The zero-order valence-corrected chi connectivity index (χ0v) is 38.1. The molecule has 5 aromatic rings. The number of ether oxygens (including phenoxy) is 2. The Kier molecular flexibility index (Phi) is 16.5. The standard InChI is InChI=1S/C49H57N11O7/c1-5-31-11-13-35(34-9-7-6-8-33(31)34)44-55-27-38(28(2)56-44)46(62)58-39(16-17-50)49(65)60(4)43-32-12-15-42(67-23-20-53)37(26-32)36-24-30(10-14-41(36)66-22-19-52)25-40(47(63)54-21-18-51)59-45(61)29(3)57-48(43)64/h6-15,24,26-27,29,39-40,43H,5,16-17,19-23,25,50,52-53H2,1-4H3,(H,54,63)(H,57,64)(H,58,62)(H,59,61)/t29-,39?,40-,43-/m0/s1. The number of fused-ring (bicyclic) bond motifs is 6. The van der Waals surface area contributed by atoms with Crippen molar-refractivity contribution in [1.29, 1.82) is 5.26 Å². The molecule has 4 atom stereocenters. The molecule has 0 saturated carbocycles. The van der Waals surface area contributed by atoms with Crippen LogP contribution in [0.1, 0.15) is 59.1 Å². The van der Waals surface area contributed by atoms with Crippen LogP contribution < -0.4 is 47.9 Å². The summed E-state index contributed by atoms with van der Waals surface area (Å²) in [6.45, 7) is 5.58. The second-order valence-corrected chi connectivity index (χ2v) is 16.1. The predicted octanol–water partition coefficient (Wildman–Crippen LogP) is 2.34. The number of benzene rings is 4. The van der Waals surface area contributed by atoms with Crippen LogP contribution in [0.15, 0.2) is 79.0 Å². The van der Waals surface area contributed by atoms with Gasteiger partial charge < -0.3 is 52.8 Å². The average molecular weight is 912 g/mol. The number of nitriles is 1.